The van der Waals surface area contributed by atoms with E-state index in [1.807, 2.05) is 25.6 Å². The molecule has 1 aliphatic heterocycles. The Kier molecular flexibility index (Phi) is 3.17. The molecule has 1 aliphatic rings. The number of carboxylic acid groups (broad SMARTS) is 1. The molecule has 0 amide bonds. The van der Waals surface area contributed by atoms with E-state index in [9.17, 15) is 4.79 Å². The Bertz CT molecular complexity index is 237. The zero-order valence-electron chi connectivity index (χ0n) is 9.04. The molecule has 3 nitrogen and oxygen atoms in total. The molecule has 14 heavy (non-hydrogen) atoms. The highest BCUT2D eigenvalue weighted by Gasteiger charge is 2.51. The lowest BCUT2D eigenvalue weighted by molar-refractivity contribution is -0.141. The molecule has 2 atom stereocenters. The fourth-order valence-electron chi connectivity index (χ4n) is 2.26. The number of carbonyl (C=O) groups is 1. The van der Waals surface area contributed by atoms with E-state index in [4.69, 9.17) is 10.8 Å². The lowest BCUT2D eigenvalue weighted by atomic mass is 9.64. The van der Waals surface area contributed by atoms with E-state index < -0.39 is 11.5 Å². The Morgan fingerprint density at radius 2 is 2.29 bits per heavy atom. The van der Waals surface area contributed by atoms with E-state index in [2.05, 4.69) is 6.92 Å². The first-order valence-corrected chi connectivity index (χ1v) is 6.03. The third-order valence-corrected chi connectivity index (χ3v) is 4.88. The first-order valence-electron chi connectivity index (χ1n) is 4.88. The van der Waals surface area contributed by atoms with Crippen molar-refractivity contribution >= 4 is 17.7 Å². The van der Waals surface area contributed by atoms with Gasteiger partial charge in [-0.25, -0.2) is 0 Å². The summed E-state index contributed by atoms with van der Waals surface area (Å²) in [5.74, 6) is 1.53. The molecule has 0 aliphatic carbocycles. The van der Waals surface area contributed by atoms with Gasteiger partial charge in [0.15, 0.2) is 0 Å². The largest absolute Gasteiger partial charge is 0.481 e. The highest BCUT2D eigenvalue weighted by molar-refractivity contribution is 7.99. The van der Waals surface area contributed by atoms with Gasteiger partial charge in [-0.1, -0.05) is 6.92 Å². The minimum atomic E-state index is -0.738. The van der Waals surface area contributed by atoms with Crippen LogP contribution in [0.5, 0.6) is 0 Å². The van der Waals surface area contributed by atoms with Crippen molar-refractivity contribution in [2.24, 2.45) is 17.1 Å². The minimum Gasteiger partial charge on any atom is -0.481 e. The molecule has 4 heteroatoms. The van der Waals surface area contributed by atoms with Gasteiger partial charge in [-0.15, -0.1) is 0 Å². The quantitative estimate of drug-likeness (QED) is 0.753. The third-order valence-electron chi connectivity index (χ3n) is 3.42. The number of nitrogens with two attached hydrogens (primary N) is 1. The standard InChI is InChI=1S/C10H19NO2S/c1-7-5-14-6-10(7,4-8(12)13)9(2,3)11/h7H,4-6,11H2,1-3H3,(H,12,13). The summed E-state index contributed by atoms with van der Waals surface area (Å²) in [6, 6.07) is 0. The van der Waals surface area contributed by atoms with Gasteiger partial charge in [0.05, 0.1) is 6.42 Å². The van der Waals surface area contributed by atoms with Crippen LogP contribution >= 0.6 is 11.8 Å². The van der Waals surface area contributed by atoms with Crippen molar-refractivity contribution in [3.8, 4) is 0 Å². The zero-order valence-corrected chi connectivity index (χ0v) is 9.86. The highest BCUT2D eigenvalue weighted by atomic mass is 32.2. The van der Waals surface area contributed by atoms with Gasteiger partial charge in [0.1, 0.15) is 0 Å². The fraction of sp³-hybridized carbons (Fsp3) is 0.900. The molecule has 0 bridgehead atoms. The highest BCUT2D eigenvalue weighted by Crippen LogP contribution is 2.49. The number of hydrogen-bond donors (Lipinski definition) is 2. The molecule has 3 N–H and O–H groups in total. The topological polar surface area (TPSA) is 63.3 Å². The van der Waals surface area contributed by atoms with Crippen molar-refractivity contribution in [1.29, 1.82) is 0 Å². The number of rotatable bonds is 3. The summed E-state index contributed by atoms with van der Waals surface area (Å²) in [5.41, 5.74) is 5.47. The second-order valence-corrected chi connectivity index (χ2v) is 5.89. The van der Waals surface area contributed by atoms with Gasteiger partial charge in [-0.05, 0) is 25.5 Å². The average Bonchev–Trinajstić information content (AvgIpc) is 2.30. The average molecular weight is 217 g/mol. The minimum absolute atomic E-state index is 0.185. The summed E-state index contributed by atoms with van der Waals surface area (Å²) in [6.45, 7) is 5.99. The molecule has 82 valence electrons. The molecule has 0 aromatic carbocycles. The van der Waals surface area contributed by atoms with E-state index in [-0.39, 0.29) is 11.8 Å². The molecule has 1 saturated heterocycles. The SMILES string of the molecule is CC1CSCC1(CC(=O)O)C(C)(C)N. The van der Waals surface area contributed by atoms with E-state index in [0.29, 0.717) is 5.92 Å². The maximum Gasteiger partial charge on any atom is 0.304 e. The lowest BCUT2D eigenvalue weighted by Gasteiger charge is -2.43. The maximum absolute atomic E-state index is 10.9. The fourth-order valence-corrected chi connectivity index (χ4v) is 4.18. The van der Waals surface area contributed by atoms with Gasteiger partial charge in [-0.3, -0.25) is 4.79 Å². The monoisotopic (exact) mass is 217 g/mol. The smallest absolute Gasteiger partial charge is 0.304 e. The van der Waals surface area contributed by atoms with Crippen molar-refractivity contribution in [3.05, 3.63) is 0 Å². The second-order valence-electron chi connectivity index (χ2n) is 4.86. The lowest BCUT2D eigenvalue weighted by Crippen LogP contribution is -2.55. The molecule has 2 unspecified atom stereocenters. The van der Waals surface area contributed by atoms with Gasteiger partial charge in [0.2, 0.25) is 0 Å². The molecule has 0 saturated carbocycles. The van der Waals surface area contributed by atoms with Gasteiger partial charge < -0.3 is 10.8 Å². The molecule has 0 aromatic heterocycles. The van der Waals surface area contributed by atoms with E-state index in [1.54, 1.807) is 0 Å². The molecule has 0 aromatic rings. The van der Waals surface area contributed by atoms with Crippen LogP contribution in [0, 0.1) is 11.3 Å². The van der Waals surface area contributed by atoms with Crippen molar-refractivity contribution in [3.63, 3.8) is 0 Å². The van der Waals surface area contributed by atoms with E-state index in [0.717, 1.165) is 11.5 Å². The van der Waals surface area contributed by atoms with Crippen LogP contribution in [0.3, 0.4) is 0 Å². The van der Waals surface area contributed by atoms with Gasteiger partial charge in [0.25, 0.3) is 0 Å². The molecular weight excluding hydrogens is 198 g/mol. The predicted octanol–water partition coefficient (Wildman–Crippen LogP) is 1.57. The van der Waals surface area contributed by atoms with Crippen LogP contribution in [0.2, 0.25) is 0 Å². The van der Waals surface area contributed by atoms with Gasteiger partial charge in [-0.2, -0.15) is 11.8 Å². The molecule has 1 rings (SSSR count). The zero-order chi connectivity index (χ0) is 11.0. The van der Waals surface area contributed by atoms with E-state index >= 15 is 0 Å². The van der Waals surface area contributed by atoms with E-state index in [1.165, 1.54) is 0 Å². The third kappa shape index (κ3) is 1.91. The van der Waals surface area contributed by atoms with Crippen LogP contribution in [-0.2, 0) is 4.79 Å². The van der Waals surface area contributed by atoms with Crippen molar-refractivity contribution < 1.29 is 9.90 Å². The summed E-state index contributed by atoms with van der Waals surface area (Å²) in [5, 5.41) is 8.96. The predicted molar refractivity (Wildman–Crippen MR) is 59.4 cm³/mol. The number of carboxylic acids is 1. The van der Waals surface area contributed by atoms with Crippen molar-refractivity contribution in [1.82, 2.24) is 0 Å². The van der Waals surface area contributed by atoms with Crippen LogP contribution in [0.4, 0.5) is 0 Å². The second kappa shape index (κ2) is 3.74. The molecule has 0 spiro atoms. The Hall–Kier alpha value is -0.220. The Morgan fingerprint density at radius 1 is 1.71 bits per heavy atom. The summed E-state index contributed by atoms with van der Waals surface area (Å²) in [6.07, 6.45) is 0.185. The van der Waals surface area contributed by atoms with Gasteiger partial charge in [0, 0.05) is 16.7 Å². The molecule has 1 heterocycles. The first-order chi connectivity index (χ1) is 6.29. The Labute approximate surface area is 89.4 Å². The van der Waals surface area contributed by atoms with Gasteiger partial charge >= 0.3 is 5.97 Å². The molecule has 1 fully saturated rings. The van der Waals surface area contributed by atoms with Crippen LogP contribution < -0.4 is 5.73 Å². The normalized spacial score (nSPS) is 33.3. The van der Waals surface area contributed by atoms with Crippen molar-refractivity contribution in [2.45, 2.75) is 32.7 Å². The summed E-state index contributed by atoms with van der Waals surface area (Å²) in [4.78, 5) is 10.9. The summed E-state index contributed by atoms with van der Waals surface area (Å²) in [7, 11) is 0. The maximum atomic E-state index is 10.9. The van der Waals surface area contributed by atoms with Crippen LogP contribution in [-0.4, -0.2) is 28.1 Å². The first kappa shape index (κ1) is 11.9. The van der Waals surface area contributed by atoms with Crippen LogP contribution in [0.15, 0.2) is 0 Å². The summed E-state index contributed by atoms with van der Waals surface area (Å²) < 4.78 is 0. The number of aliphatic carboxylic acids is 1. The van der Waals surface area contributed by atoms with Crippen LogP contribution in [0.1, 0.15) is 27.2 Å². The Balaban J connectivity index is 2.96. The molecular formula is C10H19NO2S. The van der Waals surface area contributed by atoms with Crippen molar-refractivity contribution in [2.75, 3.05) is 11.5 Å². The number of hydrogen-bond acceptors (Lipinski definition) is 3. The Morgan fingerprint density at radius 3 is 2.57 bits per heavy atom. The molecule has 0 radical (unpaired) electrons. The van der Waals surface area contributed by atoms with Crippen LogP contribution in [0.25, 0.3) is 0 Å². The summed E-state index contributed by atoms with van der Waals surface area (Å²) >= 11 is 1.81. The number of thioether (sulfide) groups is 1.